The maximum absolute atomic E-state index is 11.2. The molecule has 1 aliphatic rings. The van der Waals surface area contributed by atoms with E-state index in [-0.39, 0.29) is 17.5 Å². The summed E-state index contributed by atoms with van der Waals surface area (Å²) in [5.74, 6) is 0.277. The van der Waals surface area contributed by atoms with Crippen LogP contribution < -0.4 is 5.48 Å². The first kappa shape index (κ1) is 8.96. The minimum Gasteiger partial charge on any atom is -0.317 e. The highest BCUT2D eigenvalue weighted by atomic mass is 32.2. The summed E-state index contributed by atoms with van der Waals surface area (Å²) in [5.41, 5.74) is 1.91. The lowest BCUT2D eigenvalue weighted by molar-refractivity contribution is 0.165. The Morgan fingerprint density at radius 1 is 1.45 bits per heavy atom. The third-order valence-electron chi connectivity index (χ3n) is 2.03. The van der Waals surface area contributed by atoms with Crippen LogP contribution >= 0.6 is 0 Å². The maximum Gasteiger partial charge on any atom is 0.154 e. The van der Waals surface area contributed by atoms with Crippen molar-refractivity contribution in [3.8, 4) is 0 Å². The van der Waals surface area contributed by atoms with Crippen molar-refractivity contribution in [3.05, 3.63) is 0 Å². The molecule has 0 amide bonds. The van der Waals surface area contributed by atoms with Gasteiger partial charge in [-0.15, -0.1) is 0 Å². The van der Waals surface area contributed by atoms with E-state index in [0.717, 1.165) is 12.8 Å². The summed E-state index contributed by atoms with van der Waals surface area (Å²) in [4.78, 5) is 0. The smallest absolute Gasteiger partial charge is 0.154 e. The van der Waals surface area contributed by atoms with E-state index in [1.165, 1.54) is 0 Å². The van der Waals surface area contributed by atoms with Gasteiger partial charge >= 0.3 is 0 Å². The van der Waals surface area contributed by atoms with Gasteiger partial charge in [0.05, 0.1) is 11.0 Å². The van der Waals surface area contributed by atoms with Gasteiger partial charge in [0.2, 0.25) is 0 Å². The fourth-order valence-corrected chi connectivity index (χ4v) is 3.15. The van der Waals surface area contributed by atoms with Gasteiger partial charge in [0, 0.05) is 6.54 Å². The standard InChI is InChI=1S/C6H13NO3S/c8-7-5-6-3-1-2-4-11(6,9)10/h6-8H,1-5H2. The molecule has 1 atom stereocenters. The second-order valence-electron chi connectivity index (χ2n) is 2.85. The van der Waals surface area contributed by atoms with Crippen LogP contribution in [0.3, 0.4) is 0 Å². The van der Waals surface area contributed by atoms with Gasteiger partial charge in [0.15, 0.2) is 9.84 Å². The molecule has 1 unspecified atom stereocenters. The minimum atomic E-state index is -2.91. The normalized spacial score (nSPS) is 30.1. The quantitative estimate of drug-likeness (QED) is 0.582. The lowest BCUT2D eigenvalue weighted by atomic mass is 10.2. The monoisotopic (exact) mass is 179 g/mol. The first-order valence-corrected chi connectivity index (χ1v) is 5.47. The number of nitrogens with one attached hydrogen (secondary N) is 1. The summed E-state index contributed by atoms with van der Waals surface area (Å²) in [6.45, 7) is 0.169. The third-order valence-corrected chi connectivity index (χ3v) is 4.31. The van der Waals surface area contributed by atoms with Crippen LogP contribution in [0.5, 0.6) is 0 Å². The molecule has 5 heteroatoms. The Bertz CT molecular complexity index is 210. The number of rotatable bonds is 2. The van der Waals surface area contributed by atoms with Crippen LogP contribution in [0, 0.1) is 0 Å². The molecule has 0 aromatic heterocycles. The second kappa shape index (κ2) is 3.51. The molecule has 0 bridgehead atoms. The van der Waals surface area contributed by atoms with Crippen molar-refractivity contribution in [2.24, 2.45) is 0 Å². The van der Waals surface area contributed by atoms with Gasteiger partial charge < -0.3 is 5.21 Å². The SMILES string of the molecule is O=S1(=O)CCCCC1CNO. The predicted molar refractivity (Wildman–Crippen MR) is 41.2 cm³/mol. The summed E-state index contributed by atoms with van der Waals surface area (Å²) in [7, 11) is -2.91. The third kappa shape index (κ3) is 2.15. The number of hydrogen-bond acceptors (Lipinski definition) is 4. The number of hydroxylamine groups is 1. The highest BCUT2D eigenvalue weighted by molar-refractivity contribution is 7.92. The van der Waals surface area contributed by atoms with E-state index in [0.29, 0.717) is 6.42 Å². The highest BCUT2D eigenvalue weighted by Crippen LogP contribution is 2.18. The Hall–Kier alpha value is -0.130. The Balaban J connectivity index is 2.60. The van der Waals surface area contributed by atoms with Gasteiger partial charge in [-0.05, 0) is 12.8 Å². The molecule has 1 saturated heterocycles. The molecule has 1 heterocycles. The molecule has 0 radical (unpaired) electrons. The largest absolute Gasteiger partial charge is 0.317 e. The molecule has 1 rings (SSSR count). The molecule has 11 heavy (non-hydrogen) atoms. The molecule has 0 aromatic rings. The number of sulfone groups is 1. The van der Waals surface area contributed by atoms with Crippen LogP contribution in [0.15, 0.2) is 0 Å². The predicted octanol–water partition coefficient (Wildman–Crippen LogP) is -0.0675. The van der Waals surface area contributed by atoms with Crippen LogP contribution in [0.25, 0.3) is 0 Å². The van der Waals surface area contributed by atoms with Gasteiger partial charge in [0.1, 0.15) is 0 Å². The molecular weight excluding hydrogens is 166 g/mol. The molecule has 0 spiro atoms. The van der Waals surface area contributed by atoms with E-state index < -0.39 is 9.84 Å². The Morgan fingerprint density at radius 2 is 2.18 bits per heavy atom. The first-order valence-electron chi connectivity index (χ1n) is 3.75. The zero-order chi connectivity index (χ0) is 8.32. The number of hydrogen-bond donors (Lipinski definition) is 2. The van der Waals surface area contributed by atoms with E-state index in [1.807, 2.05) is 5.48 Å². The maximum atomic E-state index is 11.2. The highest BCUT2D eigenvalue weighted by Gasteiger charge is 2.27. The summed E-state index contributed by atoms with van der Waals surface area (Å²) in [6.07, 6.45) is 2.39. The summed E-state index contributed by atoms with van der Waals surface area (Å²) < 4.78 is 22.4. The summed E-state index contributed by atoms with van der Waals surface area (Å²) >= 11 is 0. The van der Waals surface area contributed by atoms with Gasteiger partial charge in [0.25, 0.3) is 0 Å². The molecule has 0 saturated carbocycles. The van der Waals surface area contributed by atoms with E-state index in [2.05, 4.69) is 0 Å². The van der Waals surface area contributed by atoms with Crippen molar-refractivity contribution in [1.82, 2.24) is 5.48 Å². The second-order valence-corrected chi connectivity index (χ2v) is 5.25. The van der Waals surface area contributed by atoms with E-state index >= 15 is 0 Å². The van der Waals surface area contributed by atoms with E-state index in [1.54, 1.807) is 0 Å². The molecular formula is C6H13NO3S. The zero-order valence-corrected chi connectivity index (χ0v) is 7.10. The van der Waals surface area contributed by atoms with Gasteiger partial charge in [-0.25, -0.2) is 13.9 Å². The molecule has 4 nitrogen and oxygen atoms in total. The van der Waals surface area contributed by atoms with Crippen LogP contribution in [0.2, 0.25) is 0 Å². The summed E-state index contributed by atoms with van der Waals surface area (Å²) in [6, 6.07) is 0. The van der Waals surface area contributed by atoms with Crippen molar-refractivity contribution < 1.29 is 13.6 Å². The van der Waals surface area contributed by atoms with Gasteiger partial charge in [-0.3, -0.25) is 0 Å². The molecule has 0 aromatic carbocycles. The molecule has 1 aliphatic heterocycles. The summed E-state index contributed by atoms with van der Waals surface area (Å²) in [5, 5.41) is 7.96. The van der Waals surface area contributed by atoms with Crippen LogP contribution in [0.4, 0.5) is 0 Å². The average Bonchev–Trinajstić information content (AvgIpc) is 1.94. The zero-order valence-electron chi connectivity index (χ0n) is 6.28. The van der Waals surface area contributed by atoms with Crippen molar-refractivity contribution in [2.75, 3.05) is 12.3 Å². The lowest BCUT2D eigenvalue weighted by Crippen LogP contribution is -2.36. The van der Waals surface area contributed by atoms with Crippen molar-refractivity contribution in [3.63, 3.8) is 0 Å². The molecule has 0 aliphatic carbocycles. The average molecular weight is 179 g/mol. The molecule has 66 valence electrons. The minimum absolute atomic E-state index is 0.169. The fourth-order valence-electron chi connectivity index (χ4n) is 1.35. The Labute approximate surface area is 66.5 Å². The Morgan fingerprint density at radius 3 is 2.73 bits per heavy atom. The van der Waals surface area contributed by atoms with Crippen molar-refractivity contribution >= 4 is 9.84 Å². The van der Waals surface area contributed by atoms with Crippen molar-refractivity contribution in [1.29, 1.82) is 0 Å². The van der Waals surface area contributed by atoms with E-state index in [9.17, 15) is 8.42 Å². The van der Waals surface area contributed by atoms with E-state index in [4.69, 9.17) is 5.21 Å². The lowest BCUT2D eigenvalue weighted by Gasteiger charge is -2.20. The first-order chi connectivity index (χ1) is 5.17. The Kier molecular flexibility index (Phi) is 2.86. The van der Waals surface area contributed by atoms with Crippen LogP contribution in [-0.2, 0) is 9.84 Å². The van der Waals surface area contributed by atoms with Gasteiger partial charge in [-0.1, -0.05) is 6.42 Å². The van der Waals surface area contributed by atoms with Crippen LogP contribution in [-0.4, -0.2) is 31.2 Å². The molecule has 1 fully saturated rings. The van der Waals surface area contributed by atoms with Crippen molar-refractivity contribution in [2.45, 2.75) is 24.5 Å². The fraction of sp³-hybridized carbons (Fsp3) is 1.00. The topological polar surface area (TPSA) is 66.4 Å². The molecule has 2 N–H and O–H groups in total. The van der Waals surface area contributed by atoms with Gasteiger partial charge in [-0.2, -0.15) is 0 Å². The van der Waals surface area contributed by atoms with Crippen LogP contribution in [0.1, 0.15) is 19.3 Å².